The van der Waals surface area contributed by atoms with Crippen molar-refractivity contribution < 1.29 is 4.79 Å². The largest absolute Gasteiger partial charge is 0.349 e. The average Bonchev–Trinajstić information content (AvgIpc) is 2.59. The summed E-state index contributed by atoms with van der Waals surface area (Å²) in [6, 6.07) is 0.523. The SMILES string of the molecule is CC1CCN(CCCC(=O)N(C)C)C1CN. The first-order chi connectivity index (χ1) is 7.56. The van der Waals surface area contributed by atoms with Gasteiger partial charge in [0.2, 0.25) is 5.91 Å². The van der Waals surface area contributed by atoms with Crippen molar-refractivity contribution in [3.63, 3.8) is 0 Å². The molecule has 16 heavy (non-hydrogen) atoms. The van der Waals surface area contributed by atoms with Crippen molar-refractivity contribution in [1.82, 2.24) is 9.80 Å². The Kier molecular flexibility index (Phi) is 5.22. The molecule has 1 amide bonds. The maximum absolute atomic E-state index is 11.4. The van der Waals surface area contributed by atoms with Crippen LogP contribution >= 0.6 is 0 Å². The van der Waals surface area contributed by atoms with Gasteiger partial charge in [-0.2, -0.15) is 0 Å². The maximum Gasteiger partial charge on any atom is 0.222 e. The molecule has 0 aromatic rings. The predicted molar refractivity (Wildman–Crippen MR) is 66.1 cm³/mol. The summed E-state index contributed by atoms with van der Waals surface area (Å²) >= 11 is 0. The van der Waals surface area contributed by atoms with Crippen LogP contribution in [0.2, 0.25) is 0 Å². The van der Waals surface area contributed by atoms with Gasteiger partial charge in [0.1, 0.15) is 0 Å². The lowest BCUT2D eigenvalue weighted by Gasteiger charge is -2.25. The summed E-state index contributed by atoms with van der Waals surface area (Å²) in [5, 5.41) is 0. The summed E-state index contributed by atoms with van der Waals surface area (Å²) in [7, 11) is 3.62. The van der Waals surface area contributed by atoms with Gasteiger partial charge in [0, 0.05) is 33.1 Å². The van der Waals surface area contributed by atoms with Crippen LogP contribution in [0, 0.1) is 5.92 Å². The summed E-state index contributed by atoms with van der Waals surface area (Å²) in [6.45, 7) is 5.15. The summed E-state index contributed by atoms with van der Waals surface area (Å²) in [4.78, 5) is 15.5. The molecule has 0 spiro atoms. The first kappa shape index (κ1) is 13.5. The van der Waals surface area contributed by atoms with Crippen molar-refractivity contribution in [1.29, 1.82) is 0 Å². The maximum atomic E-state index is 11.4. The van der Waals surface area contributed by atoms with Crippen LogP contribution in [0.25, 0.3) is 0 Å². The Balaban J connectivity index is 2.25. The van der Waals surface area contributed by atoms with Crippen molar-refractivity contribution in [2.75, 3.05) is 33.7 Å². The van der Waals surface area contributed by atoms with Gasteiger partial charge < -0.3 is 10.6 Å². The van der Waals surface area contributed by atoms with Crippen LogP contribution in [0.1, 0.15) is 26.2 Å². The van der Waals surface area contributed by atoms with Crippen LogP contribution in [0.5, 0.6) is 0 Å². The molecule has 94 valence electrons. The number of hydrogen-bond acceptors (Lipinski definition) is 3. The molecule has 4 heteroatoms. The molecule has 4 nitrogen and oxygen atoms in total. The highest BCUT2D eigenvalue weighted by Gasteiger charge is 2.29. The van der Waals surface area contributed by atoms with E-state index in [0.717, 1.165) is 26.1 Å². The fourth-order valence-corrected chi connectivity index (χ4v) is 2.40. The Hall–Kier alpha value is -0.610. The minimum atomic E-state index is 0.219. The van der Waals surface area contributed by atoms with Crippen LogP contribution in [0.4, 0.5) is 0 Å². The number of hydrogen-bond donors (Lipinski definition) is 1. The average molecular weight is 227 g/mol. The third kappa shape index (κ3) is 3.46. The highest BCUT2D eigenvalue weighted by molar-refractivity contribution is 5.75. The van der Waals surface area contributed by atoms with Gasteiger partial charge in [0.25, 0.3) is 0 Å². The smallest absolute Gasteiger partial charge is 0.222 e. The Morgan fingerprint density at radius 2 is 2.19 bits per heavy atom. The first-order valence-corrected chi connectivity index (χ1v) is 6.20. The van der Waals surface area contributed by atoms with Crippen LogP contribution in [-0.4, -0.2) is 55.5 Å². The van der Waals surface area contributed by atoms with Crippen molar-refractivity contribution in [2.24, 2.45) is 11.7 Å². The molecule has 0 aliphatic carbocycles. The van der Waals surface area contributed by atoms with Gasteiger partial charge in [-0.25, -0.2) is 0 Å². The van der Waals surface area contributed by atoms with Crippen molar-refractivity contribution in [3.8, 4) is 0 Å². The summed E-state index contributed by atoms with van der Waals surface area (Å²) < 4.78 is 0. The number of rotatable bonds is 5. The molecule has 0 aromatic carbocycles. The molecule has 1 rings (SSSR count). The van der Waals surface area contributed by atoms with Crippen LogP contribution in [0.3, 0.4) is 0 Å². The topological polar surface area (TPSA) is 49.6 Å². The molecule has 1 fully saturated rings. The lowest BCUT2D eigenvalue weighted by atomic mass is 10.0. The first-order valence-electron chi connectivity index (χ1n) is 6.20. The molecule has 1 aliphatic heterocycles. The minimum absolute atomic E-state index is 0.219. The molecule has 0 bridgehead atoms. The summed E-state index contributed by atoms with van der Waals surface area (Å²) in [6.07, 6.45) is 2.83. The van der Waals surface area contributed by atoms with E-state index in [1.54, 1.807) is 4.90 Å². The van der Waals surface area contributed by atoms with E-state index in [9.17, 15) is 4.79 Å². The number of carbonyl (C=O) groups excluding carboxylic acids is 1. The molecule has 2 atom stereocenters. The standard InChI is InChI=1S/C12H25N3O/c1-10-6-8-15(11(10)9-13)7-4-5-12(16)14(2)3/h10-11H,4-9,13H2,1-3H3. The van der Waals surface area contributed by atoms with Crippen molar-refractivity contribution >= 4 is 5.91 Å². The second kappa shape index (κ2) is 6.21. The third-order valence-corrected chi connectivity index (χ3v) is 3.57. The lowest BCUT2D eigenvalue weighted by molar-refractivity contribution is -0.128. The van der Waals surface area contributed by atoms with Gasteiger partial charge in [-0.3, -0.25) is 9.69 Å². The monoisotopic (exact) mass is 227 g/mol. The number of amides is 1. The zero-order valence-corrected chi connectivity index (χ0v) is 10.8. The van der Waals surface area contributed by atoms with E-state index in [4.69, 9.17) is 5.73 Å². The molecular formula is C12H25N3O. The fourth-order valence-electron chi connectivity index (χ4n) is 2.40. The lowest BCUT2D eigenvalue weighted by Crippen LogP contribution is -2.39. The van der Waals surface area contributed by atoms with E-state index in [2.05, 4.69) is 11.8 Å². The Bertz CT molecular complexity index is 230. The van der Waals surface area contributed by atoms with Crippen LogP contribution in [0.15, 0.2) is 0 Å². The number of nitrogens with two attached hydrogens (primary N) is 1. The molecule has 1 heterocycles. The van der Waals surface area contributed by atoms with Gasteiger partial charge >= 0.3 is 0 Å². The summed E-state index contributed by atoms with van der Waals surface area (Å²) in [5.74, 6) is 0.922. The highest BCUT2D eigenvalue weighted by Crippen LogP contribution is 2.23. The van der Waals surface area contributed by atoms with Gasteiger partial charge in [-0.05, 0) is 31.8 Å². The number of carbonyl (C=O) groups is 1. The van der Waals surface area contributed by atoms with E-state index in [1.165, 1.54) is 6.42 Å². The van der Waals surface area contributed by atoms with Crippen LogP contribution < -0.4 is 5.73 Å². The van der Waals surface area contributed by atoms with Gasteiger partial charge in [-0.1, -0.05) is 6.92 Å². The Labute approximate surface area is 98.8 Å². The van der Waals surface area contributed by atoms with Gasteiger partial charge in [-0.15, -0.1) is 0 Å². The molecule has 1 saturated heterocycles. The van der Waals surface area contributed by atoms with Crippen molar-refractivity contribution in [3.05, 3.63) is 0 Å². The number of nitrogens with zero attached hydrogens (tertiary/aromatic N) is 2. The van der Waals surface area contributed by atoms with Gasteiger partial charge in [0.05, 0.1) is 0 Å². The van der Waals surface area contributed by atoms with Gasteiger partial charge in [0.15, 0.2) is 0 Å². The second-order valence-electron chi connectivity index (χ2n) is 5.00. The van der Waals surface area contributed by atoms with Crippen molar-refractivity contribution in [2.45, 2.75) is 32.2 Å². The van der Waals surface area contributed by atoms with E-state index < -0.39 is 0 Å². The van der Waals surface area contributed by atoms with Crippen LogP contribution in [-0.2, 0) is 4.79 Å². The van der Waals surface area contributed by atoms with E-state index in [0.29, 0.717) is 18.4 Å². The predicted octanol–water partition coefficient (Wildman–Crippen LogP) is 0.524. The molecule has 0 aromatic heterocycles. The Morgan fingerprint density at radius 3 is 2.75 bits per heavy atom. The normalized spacial score (nSPS) is 26.0. The minimum Gasteiger partial charge on any atom is -0.349 e. The van der Waals surface area contributed by atoms with E-state index in [1.807, 2.05) is 14.1 Å². The zero-order valence-electron chi connectivity index (χ0n) is 10.8. The quantitative estimate of drug-likeness (QED) is 0.745. The highest BCUT2D eigenvalue weighted by atomic mass is 16.2. The molecule has 2 N–H and O–H groups in total. The fraction of sp³-hybridized carbons (Fsp3) is 0.917. The third-order valence-electron chi connectivity index (χ3n) is 3.57. The molecule has 0 saturated carbocycles. The molecule has 1 aliphatic rings. The molecule has 0 radical (unpaired) electrons. The zero-order chi connectivity index (χ0) is 12.1. The summed E-state index contributed by atoms with van der Waals surface area (Å²) in [5.41, 5.74) is 5.78. The van der Waals surface area contributed by atoms with E-state index >= 15 is 0 Å². The van der Waals surface area contributed by atoms with E-state index in [-0.39, 0.29) is 5.91 Å². The Morgan fingerprint density at radius 1 is 1.50 bits per heavy atom. The molecule has 2 unspecified atom stereocenters. The number of likely N-dealkylation sites (tertiary alicyclic amines) is 1. The molecular weight excluding hydrogens is 202 g/mol. The second-order valence-corrected chi connectivity index (χ2v) is 5.00.